The molecule has 1 unspecified atom stereocenters. The largest absolute Gasteiger partial charge is 1.00 e. The summed E-state index contributed by atoms with van der Waals surface area (Å²) < 4.78 is 76.0. The second kappa shape index (κ2) is 23.9. The number of halogens is 5. The first-order chi connectivity index (χ1) is 25.1. The van der Waals surface area contributed by atoms with E-state index in [9.17, 15) is 39.8 Å². The second-order valence-corrected chi connectivity index (χ2v) is 24.4. The van der Waals surface area contributed by atoms with Crippen LogP contribution in [0, 0.1) is 3.57 Å². The van der Waals surface area contributed by atoms with Crippen LogP contribution >= 0.6 is 73.1 Å². The van der Waals surface area contributed by atoms with E-state index < -0.39 is 36.0 Å². The number of H-pyrrole nitrogens is 2. The Morgan fingerprint density at radius 2 is 1.16 bits per heavy atom. The molecule has 292 valence electrons. The normalized spacial score (nSPS) is 11.6. The fourth-order valence-electron chi connectivity index (χ4n) is 4.11. The molecule has 0 saturated carbocycles. The van der Waals surface area contributed by atoms with Gasteiger partial charge in [0, 0.05) is 67.2 Å². The molecule has 6 rings (SSSR count). The van der Waals surface area contributed by atoms with Gasteiger partial charge in [-0.25, -0.2) is 16.8 Å². The number of rotatable bonds is 5. The molecule has 6 aromatic rings. The van der Waals surface area contributed by atoms with E-state index in [0.29, 0.717) is 26.8 Å². The van der Waals surface area contributed by atoms with E-state index >= 15 is 0 Å². The first-order valence-electron chi connectivity index (χ1n) is 15.3. The van der Waals surface area contributed by atoms with E-state index in [-0.39, 0.29) is 67.5 Å². The molecular weight excluding hydrogens is 1000 g/mol. The van der Waals surface area contributed by atoms with E-state index in [2.05, 4.69) is 71.3 Å². The summed E-state index contributed by atoms with van der Waals surface area (Å²) in [6, 6.07) is 19.7. The van der Waals surface area contributed by atoms with Crippen molar-refractivity contribution in [1.82, 2.24) is 15.0 Å². The van der Waals surface area contributed by atoms with E-state index in [1.807, 2.05) is 18.2 Å². The van der Waals surface area contributed by atoms with Gasteiger partial charge >= 0.3 is 34.8 Å². The maximum Gasteiger partial charge on any atom is 1.00 e. The minimum absolute atomic E-state index is 0. The number of hydrogen-bond acceptors (Lipinski definition) is 10. The summed E-state index contributed by atoms with van der Waals surface area (Å²) in [5.41, 5.74) is 2.12. The van der Waals surface area contributed by atoms with Crippen LogP contribution in [0.25, 0.3) is 32.7 Å². The third-order valence-corrected chi connectivity index (χ3v) is 11.8. The Balaban J connectivity index is 0.000000367. The SMILES string of the molecule is CCS(=O)(=O)c1ccc2[nH]ccc(=O)c2c1.CCS(=O)(=O)c1ccc2nccc(Cl)c2c1.CCS(=O)[O-].O=P(Cl)(Cl)Cl.O=c1cc[nH]c2ccc(I)cc12.[Na+]. The van der Waals surface area contributed by atoms with Crippen molar-refractivity contribution >= 4 is 137 Å². The van der Waals surface area contributed by atoms with Gasteiger partial charge in [0.05, 0.1) is 31.8 Å². The van der Waals surface area contributed by atoms with Crippen molar-refractivity contribution in [2.45, 2.75) is 30.6 Å². The van der Waals surface area contributed by atoms with Crippen molar-refractivity contribution in [2.75, 3.05) is 17.3 Å². The summed E-state index contributed by atoms with van der Waals surface area (Å²) in [6.07, 6.45) is 4.80. The van der Waals surface area contributed by atoms with Crippen molar-refractivity contribution in [3.05, 3.63) is 120 Å². The fourth-order valence-corrected chi connectivity index (χ4v) is 6.62. The number of fused-ring (bicyclic) bond motifs is 3. The number of hydrogen-bond donors (Lipinski definition) is 2. The van der Waals surface area contributed by atoms with Gasteiger partial charge in [-0.05, 0) is 117 Å². The first kappa shape index (κ1) is 51.6. The second-order valence-electron chi connectivity index (χ2n) is 10.4. The zero-order valence-electron chi connectivity index (χ0n) is 29.5. The molecule has 0 aliphatic heterocycles. The maximum absolute atomic E-state index is 11.7. The van der Waals surface area contributed by atoms with Gasteiger partial charge in [0.15, 0.2) is 30.5 Å². The van der Waals surface area contributed by atoms with Crippen molar-refractivity contribution in [2.24, 2.45) is 0 Å². The molecule has 55 heavy (non-hydrogen) atoms. The molecule has 0 bridgehead atoms. The van der Waals surface area contributed by atoms with Gasteiger partial charge in [0.1, 0.15) is 0 Å². The Bertz CT molecular complexity index is 2640. The van der Waals surface area contributed by atoms with Gasteiger partial charge < -0.3 is 14.5 Å². The number of aromatic nitrogens is 3. The van der Waals surface area contributed by atoms with Crippen LogP contribution < -0.4 is 40.4 Å². The molecule has 0 fully saturated rings. The van der Waals surface area contributed by atoms with Gasteiger partial charge in [-0.2, -0.15) is 0 Å². The first-order valence-corrected chi connectivity index (χ1v) is 25.7. The van der Waals surface area contributed by atoms with E-state index in [1.54, 1.807) is 75.8 Å². The van der Waals surface area contributed by atoms with Crippen LogP contribution in [0.5, 0.6) is 0 Å². The minimum atomic E-state index is -3.26. The smallest absolute Gasteiger partial charge is 0.772 e. The third-order valence-electron chi connectivity index (χ3n) is 6.82. The van der Waals surface area contributed by atoms with Crippen LogP contribution in [0.2, 0.25) is 5.02 Å². The molecule has 3 heterocycles. The van der Waals surface area contributed by atoms with Gasteiger partial charge in [0.2, 0.25) is 0 Å². The molecule has 22 heteroatoms. The molecule has 0 spiro atoms. The summed E-state index contributed by atoms with van der Waals surface area (Å²) >= 11 is 20.2. The number of nitrogens with zero attached hydrogens (tertiary/aromatic N) is 1. The summed E-state index contributed by atoms with van der Waals surface area (Å²) in [5, 5.41) is -0.890. The van der Waals surface area contributed by atoms with Crippen LogP contribution in [0.15, 0.2) is 111 Å². The topological polar surface area (TPSA) is 204 Å². The fraction of sp³-hybridized carbons (Fsp3) is 0.182. The van der Waals surface area contributed by atoms with Gasteiger partial charge in [-0.1, -0.05) is 43.5 Å². The molecule has 0 aliphatic carbocycles. The molecule has 3 aromatic carbocycles. The molecule has 12 nitrogen and oxygen atoms in total. The summed E-state index contributed by atoms with van der Waals surface area (Å²) in [6.45, 7) is 4.78. The number of pyridine rings is 3. The molecular formula is C33H32Cl4IN3NaO9PS3. The molecule has 0 aliphatic rings. The van der Waals surface area contributed by atoms with Crippen molar-refractivity contribution in [3.63, 3.8) is 0 Å². The number of sulfone groups is 2. The maximum atomic E-state index is 11.7. The van der Waals surface area contributed by atoms with Gasteiger partial charge in [-0.3, -0.25) is 23.3 Å². The monoisotopic (exact) mass is 1030 g/mol. The quantitative estimate of drug-likeness (QED) is 0.0915. The van der Waals surface area contributed by atoms with Crippen LogP contribution in [0.3, 0.4) is 0 Å². The number of nitrogens with one attached hydrogen (secondary N) is 2. The van der Waals surface area contributed by atoms with Crippen molar-refractivity contribution < 1.29 is 59.7 Å². The molecule has 0 saturated heterocycles. The summed E-state index contributed by atoms with van der Waals surface area (Å²) in [5.74, 6) is 0.333. The average Bonchev–Trinajstić information content (AvgIpc) is 3.12. The van der Waals surface area contributed by atoms with Crippen molar-refractivity contribution in [1.29, 1.82) is 0 Å². The van der Waals surface area contributed by atoms with Gasteiger partial charge in [0.25, 0.3) is 0 Å². The minimum Gasteiger partial charge on any atom is -0.772 e. The Morgan fingerprint density at radius 1 is 0.745 bits per heavy atom. The Kier molecular flexibility index (Phi) is 22.4. The van der Waals surface area contributed by atoms with Crippen LogP contribution in [-0.4, -0.2) is 57.8 Å². The van der Waals surface area contributed by atoms with Crippen LogP contribution in [0.4, 0.5) is 0 Å². The van der Waals surface area contributed by atoms with Gasteiger partial charge in [-0.15, -0.1) is 0 Å². The Labute approximate surface area is 375 Å². The zero-order valence-corrected chi connectivity index (χ0v) is 40.0. The van der Waals surface area contributed by atoms with Crippen molar-refractivity contribution in [3.8, 4) is 0 Å². The van der Waals surface area contributed by atoms with Crippen LogP contribution in [0.1, 0.15) is 20.8 Å². The zero-order chi connectivity index (χ0) is 40.9. The number of aromatic amines is 2. The Morgan fingerprint density at radius 3 is 1.62 bits per heavy atom. The Hall–Kier alpha value is -1.38. The van der Waals surface area contributed by atoms with E-state index in [0.717, 1.165) is 14.5 Å². The summed E-state index contributed by atoms with van der Waals surface area (Å²) in [7, 11) is -6.45. The molecule has 1 atom stereocenters. The third kappa shape index (κ3) is 17.6. The molecule has 3 aromatic heterocycles. The molecule has 2 N–H and O–H groups in total. The van der Waals surface area contributed by atoms with E-state index in [4.69, 9.17) is 11.6 Å². The predicted octanol–water partition coefficient (Wildman–Crippen LogP) is 5.84. The summed E-state index contributed by atoms with van der Waals surface area (Å²) in [4.78, 5) is 33.3. The standard InChI is InChI=1S/C11H10ClNO2S.C11H11NO3S.C9H6INO.C2H6O2S.Cl3OP.Na/c1-2-16(14,15)8-3-4-11-9(7-8)10(12)5-6-13-11;1-2-16(14,15)8-3-4-10-9(7-8)11(13)5-6-12-10;10-6-1-2-8-7(5-6)9(12)3-4-11-8;1-2-5(3)4;1-5(2,3)4;/h3-7H,2H2,1H3;3-7H,2H2,1H3,(H,12,13);1-5H,(H,11,12);2H2,1H3,(H,3,4);;/q;;;;;+1/p-1. The van der Waals surface area contributed by atoms with E-state index in [1.165, 1.54) is 18.2 Å². The number of benzene rings is 3. The predicted molar refractivity (Wildman–Crippen MR) is 229 cm³/mol. The molecule has 0 radical (unpaired) electrons. The van der Waals surface area contributed by atoms with Crippen LogP contribution in [-0.2, 0) is 35.3 Å². The average molecular weight is 1030 g/mol. The molecule has 0 amide bonds.